The number of Topliss-reactive ketones (excluding diaryl/α,β-unsaturated/α-hetero) is 1. The molecule has 96 valence electrons. The zero-order valence-corrected chi connectivity index (χ0v) is 9.99. The summed E-state index contributed by atoms with van der Waals surface area (Å²) in [6.45, 7) is -0.420. The van der Waals surface area contributed by atoms with Crippen molar-refractivity contribution in [3.8, 4) is 5.75 Å². The zero-order chi connectivity index (χ0) is 13.8. The number of rotatable bonds is 4. The lowest BCUT2D eigenvalue weighted by Gasteiger charge is -2.04. The Hall–Kier alpha value is -2.79. The first kappa shape index (κ1) is 12.7. The van der Waals surface area contributed by atoms with E-state index in [1.165, 1.54) is 13.2 Å². The molecule has 2 aromatic rings. The van der Waals surface area contributed by atoms with Crippen molar-refractivity contribution in [1.29, 1.82) is 0 Å². The van der Waals surface area contributed by atoms with Gasteiger partial charge in [-0.25, -0.2) is 4.79 Å². The van der Waals surface area contributed by atoms with Gasteiger partial charge in [0.2, 0.25) is 0 Å². The second-order valence-corrected chi connectivity index (χ2v) is 3.64. The number of ketones is 1. The minimum Gasteiger partial charge on any atom is -0.493 e. The topological polar surface area (TPSA) is 105 Å². The number of carbonyl (C=O) groups excluding carboxylic acids is 1. The molecule has 1 aromatic heterocycles. The predicted molar refractivity (Wildman–Crippen MR) is 67.4 cm³/mol. The Morgan fingerprint density at radius 3 is 3.00 bits per heavy atom. The fourth-order valence-electron chi connectivity index (χ4n) is 1.65. The summed E-state index contributed by atoms with van der Waals surface area (Å²) in [5.74, 6) is -0.181. The number of ether oxygens (including phenoxy) is 1. The van der Waals surface area contributed by atoms with Crippen molar-refractivity contribution in [3.05, 3.63) is 50.7 Å². The van der Waals surface area contributed by atoms with Crippen molar-refractivity contribution in [2.75, 3.05) is 13.7 Å². The van der Waals surface area contributed by atoms with E-state index >= 15 is 0 Å². The number of fused-ring (bicyclic) bond motifs is 1. The smallest absolute Gasteiger partial charge is 0.347 e. The minimum absolute atomic E-state index is 0.145. The van der Waals surface area contributed by atoms with E-state index in [9.17, 15) is 9.59 Å². The summed E-state index contributed by atoms with van der Waals surface area (Å²) < 4.78 is 10.1. The number of benzene rings is 1. The molecule has 0 aliphatic carbocycles. The fourth-order valence-corrected chi connectivity index (χ4v) is 1.65. The Bertz CT molecular complexity index is 744. The van der Waals surface area contributed by atoms with Crippen LogP contribution in [-0.2, 0) is 0 Å². The van der Waals surface area contributed by atoms with E-state index in [0.29, 0.717) is 11.1 Å². The number of methoxy groups -OCH3 is 1. The largest absolute Gasteiger partial charge is 0.493 e. The first-order valence-electron chi connectivity index (χ1n) is 5.32. The molecule has 0 saturated carbocycles. The first-order chi connectivity index (χ1) is 9.17. The van der Waals surface area contributed by atoms with Crippen molar-refractivity contribution >= 4 is 16.8 Å². The van der Waals surface area contributed by atoms with Gasteiger partial charge in [0.15, 0.2) is 17.1 Å². The molecule has 0 atom stereocenters. The maximum Gasteiger partial charge on any atom is 0.347 e. The lowest BCUT2D eigenvalue weighted by molar-refractivity contribution is 0.0998. The SMILES string of the molecule is COc1cccc2cc(C(=O)CN=[N+]=[N-])c(=O)oc12. The Kier molecular flexibility index (Phi) is 3.49. The lowest BCUT2D eigenvalue weighted by atomic mass is 10.1. The van der Waals surface area contributed by atoms with E-state index in [1.54, 1.807) is 18.2 Å². The minimum atomic E-state index is -0.782. The normalized spacial score (nSPS) is 9.95. The highest BCUT2D eigenvalue weighted by atomic mass is 16.5. The van der Waals surface area contributed by atoms with Gasteiger partial charge in [-0.05, 0) is 17.7 Å². The molecule has 0 N–H and O–H groups in total. The van der Waals surface area contributed by atoms with Crippen LogP contribution in [-0.4, -0.2) is 19.4 Å². The average Bonchev–Trinajstić information content (AvgIpc) is 2.43. The summed E-state index contributed by atoms with van der Waals surface area (Å²) >= 11 is 0. The van der Waals surface area contributed by atoms with Crippen molar-refractivity contribution in [2.24, 2.45) is 5.11 Å². The van der Waals surface area contributed by atoms with Crippen molar-refractivity contribution < 1.29 is 13.9 Å². The Morgan fingerprint density at radius 1 is 1.53 bits per heavy atom. The molecule has 0 aliphatic rings. The Labute approximate surface area is 107 Å². The van der Waals surface area contributed by atoms with Crippen LogP contribution in [0.25, 0.3) is 21.4 Å². The second kappa shape index (κ2) is 5.24. The van der Waals surface area contributed by atoms with E-state index in [4.69, 9.17) is 14.7 Å². The third-order valence-corrected chi connectivity index (χ3v) is 2.52. The Morgan fingerprint density at radius 2 is 2.32 bits per heavy atom. The molecule has 0 saturated heterocycles. The van der Waals surface area contributed by atoms with Crippen LogP contribution in [0.3, 0.4) is 0 Å². The highest BCUT2D eigenvalue weighted by molar-refractivity contribution is 6.00. The van der Waals surface area contributed by atoms with Gasteiger partial charge in [-0.3, -0.25) is 4.79 Å². The molecular weight excluding hydrogens is 250 g/mol. The number of carbonyl (C=O) groups is 1. The molecule has 1 heterocycles. The molecule has 2 rings (SSSR count). The monoisotopic (exact) mass is 259 g/mol. The van der Waals surface area contributed by atoms with Gasteiger partial charge in [-0.1, -0.05) is 17.2 Å². The van der Waals surface area contributed by atoms with Gasteiger partial charge in [0.25, 0.3) is 0 Å². The van der Waals surface area contributed by atoms with Crippen LogP contribution < -0.4 is 10.4 Å². The third-order valence-electron chi connectivity index (χ3n) is 2.52. The highest BCUT2D eigenvalue weighted by Gasteiger charge is 2.14. The fraction of sp³-hybridized carbons (Fsp3) is 0.167. The van der Waals surface area contributed by atoms with Gasteiger partial charge in [0.05, 0.1) is 13.7 Å². The maximum atomic E-state index is 11.7. The van der Waals surface area contributed by atoms with Gasteiger partial charge in [0, 0.05) is 10.3 Å². The van der Waals surface area contributed by atoms with Crippen LogP contribution in [0, 0.1) is 0 Å². The summed E-state index contributed by atoms with van der Waals surface area (Å²) in [6.07, 6.45) is 0. The summed E-state index contributed by atoms with van der Waals surface area (Å²) in [5, 5.41) is 3.69. The number of nitrogens with zero attached hydrogens (tertiary/aromatic N) is 3. The van der Waals surface area contributed by atoms with Crippen LogP contribution in [0.1, 0.15) is 10.4 Å². The van der Waals surface area contributed by atoms with Crippen LogP contribution in [0.5, 0.6) is 5.75 Å². The van der Waals surface area contributed by atoms with Crippen molar-refractivity contribution in [3.63, 3.8) is 0 Å². The summed E-state index contributed by atoms with van der Waals surface area (Å²) in [6, 6.07) is 6.44. The molecule has 19 heavy (non-hydrogen) atoms. The quantitative estimate of drug-likeness (QED) is 0.276. The third kappa shape index (κ3) is 2.41. The van der Waals surface area contributed by atoms with E-state index in [-0.39, 0.29) is 11.1 Å². The van der Waals surface area contributed by atoms with Crippen LogP contribution in [0.4, 0.5) is 0 Å². The van der Waals surface area contributed by atoms with Gasteiger partial charge in [0.1, 0.15) is 5.56 Å². The number of hydrogen-bond acceptors (Lipinski definition) is 5. The van der Waals surface area contributed by atoms with E-state index in [0.717, 1.165) is 0 Å². The maximum absolute atomic E-state index is 11.7. The molecule has 7 heteroatoms. The van der Waals surface area contributed by atoms with E-state index < -0.39 is 18.0 Å². The molecule has 7 nitrogen and oxygen atoms in total. The van der Waals surface area contributed by atoms with E-state index in [1.807, 2.05) is 0 Å². The molecule has 1 aromatic carbocycles. The van der Waals surface area contributed by atoms with Crippen LogP contribution >= 0.6 is 0 Å². The van der Waals surface area contributed by atoms with Gasteiger partial charge in [-0.2, -0.15) is 0 Å². The summed E-state index contributed by atoms with van der Waals surface area (Å²) in [4.78, 5) is 25.9. The highest BCUT2D eigenvalue weighted by Crippen LogP contribution is 2.24. The summed E-state index contributed by atoms with van der Waals surface area (Å²) in [7, 11) is 1.45. The molecule has 0 bridgehead atoms. The average molecular weight is 259 g/mol. The van der Waals surface area contributed by atoms with Crippen molar-refractivity contribution in [1.82, 2.24) is 0 Å². The standard InChI is InChI=1S/C12H9N3O4/c1-18-10-4-2-3-7-5-8(9(16)6-14-15-13)12(17)19-11(7)10/h2-5H,6H2,1H3. The Balaban J connectivity index is 2.60. The molecule has 0 aliphatic heterocycles. The van der Waals surface area contributed by atoms with Gasteiger partial charge < -0.3 is 9.15 Å². The van der Waals surface area contributed by atoms with Gasteiger partial charge >= 0.3 is 5.63 Å². The molecule has 0 unspecified atom stereocenters. The van der Waals surface area contributed by atoms with Crippen LogP contribution in [0.15, 0.2) is 38.6 Å². The van der Waals surface area contributed by atoms with Crippen LogP contribution in [0.2, 0.25) is 0 Å². The number of para-hydroxylation sites is 1. The number of hydrogen-bond donors (Lipinski definition) is 0. The summed E-state index contributed by atoms with van der Waals surface area (Å²) in [5.41, 5.74) is 7.51. The van der Waals surface area contributed by atoms with Crippen molar-refractivity contribution in [2.45, 2.75) is 0 Å². The molecule has 0 radical (unpaired) electrons. The molecule has 0 spiro atoms. The van der Waals surface area contributed by atoms with Gasteiger partial charge in [-0.15, -0.1) is 0 Å². The molecular formula is C12H9N3O4. The van der Waals surface area contributed by atoms with E-state index in [2.05, 4.69) is 10.0 Å². The molecule has 0 amide bonds. The lowest BCUT2D eigenvalue weighted by Crippen LogP contribution is -2.15. The number of azide groups is 1. The first-order valence-corrected chi connectivity index (χ1v) is 5.32. The zero-order valence-electron chi connectivity index (χ0n) is 9.99. The predicted octanol–water partition coefficient (Wildman–Crippen LogP) is 2.29. The molecule has 0 fully saturated rings. The second-order valence-electron chi connectivity index (χ2n) is 3.64.